The van der Waals surface area contributed by atoms with E-state index >= 15 is 0 Å². The van der Waals surface area contributed by atoms with E-state index in [0.717, 1.165) is 29.6 Å². The molecule has 0 spiro atoms. The summed E-state index contributed by atoms with van der Waals surface area (Å²) in [6.07, 6.45) is 7.59. The van der Waals surface area contributed by atoms with Crippen molar-refractivity contribution in [1.29, 1.82) is 0 Å². The molecule has 1 amide bonds. The molecule has 0 saturated heterocycles. The van der Waals surface area contributed by atoms with Crippen LogP contribution in [0.15, 0.2) is 43.8 Å². The molecule has 0 saturated carbocycles. The highest BCUT2D eigenvalue weighted by Gasteiger charge is 2.05. The molecule has 0 aliphatic carbocycles. The molecule has 0 atom stereocenters. The maximum atomic E-state index is 10.7. The molecule has 1 rings (SSSR count). The van der Waals surface area contributed by atoms with Gasteiger partial charge in [0.1, 0.15) is 0 Å². The number of carbonyl (C=O) groups is 1. The average Bonchev–Trinajstić information content (AvgIpc) is 2.44. The molecule has 0 aliphatic heterocycles. The summed E-state index contributed by atoms with van der Waals surface area (Å²) in [5.74, 6) is -0.0867. The van der Waals surface area contributed by atoms with Crippen molar-refractivity contribution in [2.45, 2.75) is 6.42 Å². The van der Waals surface area contributed by atoms with Gasteiger partial charge in [-0.2, -0.15) is 0 Å². The number of rotatable bonds is 6. The highest BCUT2D eigenvalue weighted by molar-refractivity contribution is 5.86. The van der Waals surface area contributed by atoms with E-state index in [-0.39, 0.29) is 5.91 Å². The van der Waals surface area contributed by atoms with E-state index in [1.807, 2.05) is 12.1 Å². The SMILES string of the molecule is C=CC(=O)NCCC[N+](C)(C)C.C=Cc1ccncc1. The Morgan fingerprint density at radius 2 is 1.90 bits per heavy atom. The quantitative estimate of drug-likeness (QED) is 0.491. The molecule has 1 aromatic rings. The standard InChI is InChI=1S/C9H18N2O.C7H7N/c1-5-9(12)10-7-6-8-11(2,3)4;1-2-7-3-5-8-6-4-7/h5H,1,6-8H2,2-4H3;2-6H,1H2/p+1. The van der Waals surface area contributed by atoms with Gasteiger partial charge in [0.25, 0.3) is 0 Å². The Bertz CT molecular complexity index is 407. The first-order valence-corrected chi connectivity index (χ1v) is 6.62. The second kappa shape index (κ2) is 9.92. The number of quaternary nitrogens is 1. The number of pyridine rings is 1. The van der Waals surface area contributed by atoms with E-state index < -0.39 is 0 Å². The molecule has 0 unspecified atom stereocenters. The van der Waals surface area contributed by atoms with Crippen LogP contribution in [-0.2, 0) is 4.79 Å². The highest BCUT2D eigenvalue weighted by Crippen LogP contribution is 1.95. The van der Waals surface area contributed by atoms with Crippen molar-refractivity contribution in [3.8, 4) is 0 Å². The van der Waals surface area contributed by atoms with Crippen LogP contribution < -0.4 is 5.32 Å². The largest absolute Gasteiger partial charge is 0.352 e. The van der Waals surface area contributed by atoms with Crippen LogP contribution in [0.4, 0.5) is 0 Å². The van der Waals surface area contributed by atoms with Crippen molar-refractivity contribution in [1.82, 2.24) is 10.3 Å². The zero-order valence-corrected chi connectivity index (χ0v) is 12.8. The lowest BCUT2D eigenvalue weighted by Gasteiger charge is -2.23. The Morgan fingerprint density at radius 1 is 1.30 bits per heavy atom. The Balaban J connectivity index is 0.000000388. The summed E-state index contributed by atoms with van der Waals surface area (Å²) in [5.41, 5.74) is 1.11. The molecule has 4 nitrogen and oxygen atoms in total. The van der Waals surface area contributed by atoms with E-state index in [0.29, 0.717) is 0 Å². The first-order valence-electron chi connectivity index (χ1n) is 6.62. The first-order chi connectivity index (χ1) is 9.39. The van der Waals surface area contributed by atoms with Crippen LogP contribution >= 0.6 is 0 Å². The lowest BCUT2D eigenvalue weighted by Crippen LogP contribution is -2.37. The zero-order valence-electron chi connectivity index (χ0n) is 12.8. The van der Waals surface area contributed by atoms with Crippen molar-refractivity contribution >= 4 is 12.0 Å². The predicted molar refractivity (Wildman–Crippen MR) is 85.1 cm³/mol. The summed E-state index contributed by atoms with van der Waals surface area (Å²) < 4.78 is 0.934. The van der Waals surface area contributed by atoms with Crippen LogP contribution in [0.25, 0.3) is 6.08 Å². The monoisotopic (exact) mass is 276 g/mol. The van der Waals surface area contributed by atoms with Crippen LogP contribution in [-0.4, -0.2) is 49.6 Å². The number of hydrogen-bond donors (Lipinski definition) is 1. The summed E-state index contributed by atoms with van der Waals surface area (Å²) in [6, 6.07) is 3.82. The molecule has 20 heavy (non-hydrogen) atoms. The molecule has 1 aromatic heterocycles. The zero-order chi connectivity index (χ0) is 15.4. The number of aromatic nitrogens is 1. The van der Waals surface area contributed by atoms with Gasteiger partial charge < -0.3 is 9.80 Å². The number of nitrogens with one attached hydrogen (secondary N) is 1. The lowest BCUT2D eigenvalue weighted by atomic mass is 10.3. The minimum absolute atomic E-state index is 0.0867. The van der Waals surface area contributed by atoms with Crippen molar-refractivity contribution in [3.05, 3.63) is 49.3 Å². The molecule has 1 heterocycles. The lowest BCUT2D eigenvalue weighted by molar-refractivity contribution is -0.870. The molecular formula is C16H26N3O+. The maximum absolute atomic E-state index is 10.7. The normalized spacial score (nSPS) is 9.95. The average molecular weight is 276 g/mol. The molecule has 0 aromatic carbocycles. The van der Waals surface area contributed by atoms with Crippen LogP contribution in [0, 0.1) is 0 Å². The van der Waals surface area contributed by atoms with Crippen molar-refractivity contribution in [3.63, 3.8) is 0 Å². The van der Waals surface area contributed by atoms with E-state index in [9.17, 15) is 4.79 Å². The Morgan fingerprint density at radius 3 is 2.30 bits per heavy atom. The Labute approximate surface area is 122 Å². The smallest absolute Gasteiger partial charge is 0.243 e. The van der Waals surface area contributed by atoms with Gasteiger partial charge in [0.05, 0.1) is 27.7 Å². The number of carbonyl (C=O) groups excluding carboxylic acids is 1. The molecule has 0 bridgehead atoms. The van der Waals surface area contributed by atoms with Gasteiger partial charge in [-0.1, -0.05) is 19.2 Å². The molecular weight excluding hydrogens is 250 g/mol. The Hall–Kier alpha value is -1.94. The first kappa shape index (κ1) is 18.1. The third-order valence-corrected chi connectivity index (χ3v) is 2.43. The second-order valence-electron chi connectivity index (χ2n) is 5.35. The van der Waals surface area contributed by atoms with Gasteiger partial charge in [0.2, 0.25) is 5.91 Å². The topological polar surface area (TPSA) is 42.0 Å². The van der Waals surface area contributed by atoms with Gasteiger partial charge in [-0.05, 0) is 23.8 Å². The van der Waals surface area contributed by atoms with E-state index in [2.05, 4.69) is 44.6 Å². The molecule has 0 radical (unpaired) electrons. The van der Waals surface area contributed by atoms with Gasteiger partial charge >= 0.3 is 0 Å². The molecule has 1 N–H and O–H groups in total. The maximum Gasteiger partial charge on any atom is 0.243 e. The number of nitrogens with zero attached hydrogens (tertiary/aromatic N) is 2. The summed E-state index contributed by atoms with van der Waals surface area (Å²) in [4.78, 5) is 14.5. The molecule has 110 valence electrons. The van der Waals surface area contributed by atoms with Gasteiger partial charge in [-0.3, -0.25) is 9.78 Å². The summed E-state index contributed by atoms with van der Waals surface area (Å²) >= 11 is 0. The minimum Gasteiger partial charge on any atom is -0.352 e. The van der Waals surface area contributed by atoms with Gasteiger partial charge in [0.15, 0.2) is 0 Å². The third kappa shape index (κ3) is 11.2. The summed E-state index contributed by atoms with van der Waals surface area (Å²) in [7, 11) is 6.40. The van der Waals surface area contributed by atoms with E-state index in [1.165, 1.54) is 6.08 Å². The van der Waals surface area contributed by atoms with Crippen molar-refractivity contribution < 1.29 is 9.28 Å². The van der Waals surface area contributed by atoms with Crippen LogP contribution in [0.3, 0.4) is 0 Å². The second-order valence-corrected chi connectivity index (χ2v) is 5.35. The van der Waals surface area contributed by atoms with Crippen LogP contribution in [0.5, 0.6) is 0 Å². The summed E-state index contributed by atoms with van der Waals surface area (Å²) in [6.45, 7) is 8.78. The van der Waals surface area contributed by atoms with Gasteiger partial charge in [0, 0.05) is 25.4 Å². The minimum atomic E-state index is -0.0867. The third-order valence-electron chi connectivity index (χ3n) is 2.43. The molecule has 0 aliphatic rings. The predicted octanol–water partition coefficient (Wildman–Crippen LogP) is 2.11. The summed E-state index contributed by atoms with van der Waals surface area (Å²) in [5, 5.41) is 2.74. The highest BCUT2D eigenvalue weighted by atomic mass is 16.1. The number of amides is 1. The van der Waals surface area contributed by atoms with E-state index in [1.54, 1.807) is 18.5 Å². The van der Waals surface area contributed by atoms with E-state index in [4.69, 9.17) is 0 Å². The fraction of sp³-hybridized carbons (Fsp3) is 0.375. The Kier molecular flexibility index (Phi) is 8.96. The van der Waals surface area contributed by atoms with Crippen LogP contribution in [0.2, 0.25) is 0 Å². The van der Waals surface area contributed by atoms with Crippen molar-refractivity contribution in [2.75, 3.05) is 34.2 Å². The molecule has 4 heteroatoms. The van der Waals surface area contributed by atoms with Gasteiger partial charge in [-0.25, -0.2) is 0 Å². The van der Waals surface area contributed by atoms with Gasteiger partial charge in [-0.15, -0.1) is 0 Å². The molecule has 0 fully saturated rings. The van der Waals surface area contributed by atoms with Crippen LogP contribution in [0.1, 0.15) is 12.0 Å². The van der Waals surface area contributed by atoms with Crippen molar-refractivity contribution in [2.24, 2.45) is 0 Å². The fourth-order valence-electron chi connectivity index (χ4n) is 1.34. The number of hydrogen-bond acceptors (Lipinski definition) is 2. The fourth-order valence-corrected chi connectivity index (χ4v) is 1.34.